The smallest absolute Gasteiger partial charge is 0.224 e. The molecule has 0 radical (unpaired) electrons. The van der Waals surface area contributed by atoms with Crippen LogP contribution >= 0.6 is 0 Å². The Balaban J connectivity index is 1.60. The largest absolute Gasteiger partial charge is 0.386 e. The number of nitrogens with zero attached hydrogens (tertiary/aromatic N) is 1. The Morgan fingerprint density at radius 2 is 2.19 bits per heavy atom. The quantitative estimate of drug-likeness (QED) is 0.693. The summed E-state index contributed by atoms with van der Waals surface area (Å²) in [7, 11) is 0. The summed E-state index contributed by atoms with van der Waals surface area (Å²) in [5.74, 6) is 0.175. The van der Waals surface area contributed by atoms with Crippen LogP contribution < -0.4 is 5.32 Å². The van der Waals surface area contributed by atoms with Gasteiger partial charge in [0.25, 0.3) is 0 Å². The molecule has 1 aliphatic carbocycles. The van der Waals surface area contributed by atoms with Crippen LogP contribution in [-0.2, 0) is 4.79 Å². The average Bonchev–Trinajstić information content (AvgIpc) is 2.98. The highest BCUT2D eigenvalue weighted by Gasteiger charge is 2.42. The zero-order valence-electron chi connectivity index (χ0n) is 10.0. The van der Waals surface area contributed by atoms with Crippen LogP contribution in [0.15, 0.2) is 0 Å². The molecule has 0 aromatic carbocycles. The van der Waals surface area contributed by atoms with E-state index < -0.39 is 5.60 Å². The Kier molecular flexibility index (Phi) is 3.50. The summed E-state index contributed by atoms with van der Waals surface area (Å²) in [6.07, 6.45) is 4.86. The number of carbonyl (C=O) groups is 1. The molecule has 4 nitrogen and oxygen atoms in total. The van der Waals surface area contributed by atoms with Crippen molar-refractivity contribution < 1.29 is 9.90 Å². The third-order valence-corrected chi connectivity index (χ3v) is 3.39. The van der Waals surface area contributed by atoms with E-state index in [-0.39, 0.29) is 5.91 Å². The highest BCUT2D eigenvalue weighted by molar-refractivity contribution is 5.77. The highest BCUT2D eigenvalue weighted by atomic mass is 16.3. The first-order valence-electron chi connectivity index (χ1n) is 6.36. The maximum absolute atomic E-state index is 11.7. The van der Waals surface area contributed by atoms with E-state index >= 15 is 0 Å². The lowest BCUT2D eigenvalue weighted by Gasteiger charge is -2.46. The fourth-order valence-corrected chi connectivity index (χ4v) is 2.29. The molecular formula is C12H22N2O2. The van der Waals surface area contributed by atoms with Gasteiger partial charge in [-0.05, 0) is 19.3 Å². The monoisotopic (exact) mass is 226 g/mol. The topological polar surface area (TPSA) is 52.6 Å². The van der Waals surface area contributed by atoms with Gasteiger partial charge in [-0.25, -0.2) is 0 Å². The van der Waals surface area contributed by atoms with E-state index in [2.05, 4.69) is 12.2 Å². The van der Waals surface area contributed by atoms with Gasteiger partial charge in [-0.15, -0.1) is 0 Å². The van der Waals surface area contributed by atoms with Crippen LogP contribution in [-0.4, -0.2) is 47.2 Å². The number of β-amino-alcohol motifs (C(OH)–C–C–N with tert-alkyl or cyclic N) is 1. The van der Waals surface area contributed by atoms with Crippen molar-refractivity contribution in [3.8, 4) is 0 Å². The second-order valence-corrected chi connectivity index (χ2v) is 5.20. The molecule has 0 aromatic rings. The SMILES string of the molecule is CCCC1(O)CN(C(=O)CCNC2CC2)C1. The number of rotatable bonds is 6. The molecule has 4 heteroatoms. The van der Waals surface area contributed by atoms with Gasteiger partial charge >= 0.3 is 0 Å². The molecule has 1 saturated heterocycles. The molecular weight excluding hydrogens is 204 g/mol. The number of hydrogen-bond acceptors (Lipinski definition) is 3. The Morgan fingerprint density at radius 3 is 2.75 bits per heavy atom. The summed E-state index contributed by atoms with van der Waals surface area (Å²) < 4.78 is 0. The number of carbonyl (C=O) groups excluding carboxylic acids is 1. The molecule has 2 fully saturated rings. The Morgan fingerprint density at radius 1 is 1.50 bits per heavy atom. The normalized spacial score (nSPS) is 23.0. The van der Waals surface area contributed by atoms with E-state index in [1.807, 2.05) is 0 Å². The third-order valence-electron chi connectivity index (χ3n) is 3.39. The molecule has 2 aliphatic rings. The van der Waals surface area contributed by atoms with E-state index in [0.29, 0.717) is 25.6 Å². The molecule has 2 N–H and O–H groups in total. The average molecular weight is 226 g/mol. The Labute approximate surface area is 97.0 Å². The van der Waals surface area contributed by atoms with Crippen LogP contribution in [0.5, 0.6) is 0 Å². The second kappa shape index (κ2) is 4.72. The molecule has 0 atom stereocenters. The molecule has 0 spiro atoms. The molecule has 1 heterocycles. The third kappa shape index (κ3) is 2.95. The molecule has 16 heavy (non-hydrogen) atoms. The summed E-state index contributed by atoms with van der Waals surface area (Å²) in [6.45, 7) is 3.90. The first kappa shape index (κ1) is 11.9. The van der Waals surface area contributed by atoms with Crippen LogP contribution in [0, 0.1) is 0 Å². The Hall–Kier alpha value is -0.610. The van der Waals surface area contributed by atoms with E-state index in [0.717, 1.165) is 19.4 Å². The van der Waals surface area contributed by atoms with Crippen LogP contribution in [0.3, 0.4) is 0 Å². The van der Waals surface area contributed by atoms with Crippen molar-refractivity contribution in [1.82, 2.24) is 10.2 Å². The molecule has 0 bridgehead atoms. The van der Waals surface area contributed by atoms with Gasteiger partial charge in [-0.2, -0.15) is 0 Å². The van der Waals surface area contributed by atoms with Crippen molar-refractivity contribution in [3.05, 3.63) is 0 Å². The summed E-state index contributed by atoms with van der Waals surface area (Å²) >= 11 is 0. The van der Waals surface area contributed by atoms with Gasteiger partial charge in [0.15, 0.2) is 0 Å². The molecule has 1 aliphatic heterocycles. The molecule has 2 rings (SSSR count). The summed E-state index contributed by atoms with van der Waals surface area (Å²) in [5, 5.41) is 13.3. The van der Waals surface area contributed by atoms with Crippen molar-refractivity contribution in [2.75, 3.05) is 19.6 Å². The predicted octanol–water partition coefficient (Wildman–Crippen LogP) is 0.502. The maximum Gasteiger partial charge on any atom is 0.224 e. The van der Waals surface area contributed by atoms with Gasteiger partial charge in [0, 0.05) is 19.0 Å². The van der Waals surface area contributed by atoms with Crippen molar-refractivity contribution >= 4 is 5.91 Å². The van der Waals surface area contributed by atoms with Crippen LogP contribution in [0.4, 0.5) is 0 Å². The molecule has 1 amide bonds. The lowest BCUT2D eigenvalue weighted by atomic mass is 9.89. The zero-order chi connectivity index (χ0) is 11.6. The molecule has 0 aromatic heterocycles. The number of hydrogen-bond donors (Lipinski definition) is 2. The first-order valence-corrected chi connectivity index (χ1v) is 6.36. The minimum atomic E-state index is -0.589. The van der Waals surface area contributed by atoms with E-state index in [9.17, 15) is 9.90 Å². The van der Waals surface area contributed by atoms with Gasteiger partial charge in [0.05, 0.1) is 18.7 Å². The van der Waals surface area contributed by atoms with Gasteiger partial charge in [-0.3, -0.25) is 4.79 Å². The predicted molar refractivity (Wildman–Crippen MR) is 62.1 cm³/mol. The lowest BCUT2D eigenvalue weighted by molar-refractivity contribution is -0.156. The van der Waals surface area contributed by atoms with Crippen LogP contribution in [0.2, 0.25) is 0 Å². The van der Waals surface area contributed by atoms with Crippen molar-refractivity contribution in [2.45, 2.75) is 50.7 Å². The standard InChI is InChI=1S/C12H22N2O2/c1-2-6-12(16)8-14(9-12)11(15)5-7-13-10-3-4-10/h10,13,16H,2-9H2,1H3. The van der Waals surface area contributed by atoms with Gasteiger partial charge in [-0.1, -0.05) is 13.3 Å². The van der Waals surface area contributed by atoms with Gasteiger partial charge < -0.3 is 15.3 Å². The lowest BCUT2D eigenvalue weighted by Crippen LogP contribution is -2.63. The number of nitrogens with one attached hydrogen (secondary N) is 1. The van der Waals surface area contributed by atoms with Crippen LogP contribution in [0.1, 0.15) is 39.0 Å². The number of aliphatic hydroxyl groups is 1. The second-order valence-electron chi connectivity index (χ2n) is 5.20. The summed E-state index contributed by atoms with van der Waals surface area (Å²) in [5.41, 5.74) is -0.589. The van der Waals surface area contributed by atoms with Crippen molar-refractivity contribution in [3.63, 3.8) is 0 Å². The van der Waals surface area contributed by atoms with E-state index in [1.165, 1.54) is 12.8 Å². The van der Waals surface area contributed by atoms with E-state index in [1.54, 1.807) is 4.90 Å². The molecule has 1 saturated carbocycles. The minimum Gasteiger partial charge on any atom is -0.386 e. The molecule has 0 unspecified atom stereocenters. The number of likely N-dealkylation sites (tertiary alicyclic amines) is 1. The summed E-state index contributed by atoms with van der Waals surface area (Å²) in [4.78, 5) is 13.5. The summed E-state index contributed by atoms with van der Waals surface area (Å²) in [6, 6.07) is 0.668. The maximum atomic E-state index is 11.7. The van der Waals surface area contributed by atoms with Crippen molar-refractivity contribution in [2.24, 2.45) is 0 Å². The van der Waals surface area contributed by atoms with Gasteiger partial charge in [0.1, 0.15) is 0 Å². The van der Waals surface area contributed by atoms with Crippen LogP contribution in [0.25, 0.3) is 0 Å². The zero-order valence-corrected chi connectivity index (χ0v) is 10.0. The fraction of sp³-hybridized carbons (Fsp3) is 0.917. The Bertz CT molecular complexity index is 258. The minimum absolute atomic E-state index is 0.175. The fourth-order valence-electron chi connectivity index (χ4n) is 2.29. The first-order chi connectivity index (χ1) is 7.63. The van der Waals surface area contributed by atoms with Gasteiger partial charge in [0.2, 0.25) is 5.91 Å². The van der Waals surface area contributed by atoms with E-state index in [4.69, 9.17) is 0 Å². The van der Waals surface area contributed by atoms with Crippen molar-refractivity contribution in [1.29, 1.82) is 0 Å². The highest BCUT2D eigenvalue weighted by Crippen LogP contribution is 2.26. The number of amides is 1. The molecule has 92 valence electrons.